The Morgan fingerprint density at radius 2 is 1.83 bits per heavy atom. The van der Waals surface area contributed by atoms with Crippen LogP contribution in [0.1, 0.15) is 11.1 Å². The van der Waals surface area contributed by atoms with E-state index in [1.807, 2.05) is 42.5 Å². The summed E-state index contributed by atoms with van der Waals surface area (Å²) >= 11 is 0. The summed E-state index contributed by atoms with van der Waals surface area (Å²) in [7, 11) is -4.09. The monoisotopic (exact) mass is 330 g/mol. The molecule has 6 heteroatoms. The standard InChI is InChI=1S/C17H15FN2O2S/c18-15-11-14(7-8-16(15)23(19,21)22)17(9-4-10-20-12-17)13-5-2-1-3-6-13/h1-11H,12H2,(H2,19,21,22). The molecular formula is C17H15FN2O2S. The van der Waals surface area contributed by atoms with E-state index in [2.05, 4.69) is 4.99 Å². The predicted octanol–water partition coefficient (Wildman–Crippen LogP) is 2.40. The smallest absolute Gasteiger partial charge is 0.240 e. The lowest BCUT2D eigenvalue weighted by molar-refractivity contribution is 0.561. The van der Waals surface area contributed by atoms with E-state index in [1.165, 1.54) is 12.1 Å². The highest BCUT2D eigenvalue weighted by Crippen LogP contribution is 2.36. The molecule has 0 aromatic heterocycles. The van der Waals surface area contributed by atoms with Crippen molar-refractivity contribution in [2.24, 2.45) is 10.1 Å². The Labute approximate surface area is 134 Å². The van der Waals surface area contributed by atoms with Crippen LogP contribution in [0.5, 0.6) is 0 Å². The van der Waals surface area contributed by atoms with Gasteiger partial charge in [-0.2, -0.15) is 0 Å². The van der Waals surface area contributed by atoms with E-state index < -0.39 is 26.2 Å². The number of hydrogen-bond donors (Lipinski definition) is 1. The van der Waals surface area contributed by atoms with Gasteiger partial charge in [-0.05, 0) is 29.3 Å². The van der Waals surface area contributed by atoms with Crippen LogP contribution in [0.2, 0.25) is 0 Å². The minimum absolute atomic E-state index is 0.418. The Kier molecular flexibility index (Phi) is 3.87. The van der Waals surface area contributed by atoms with Crippen molar-refractivity contribution in [1.29, 1.82) is 0 Å². The molecule has 3 rings (SSSR count). The van der Waals surface area contributed by atoms with Gasteiger partial charge in [-0.1, -0.05) is 42.5 Å². The summed E-state index contributed by atoms with van der Waals surface area (Å²) in [5, 5.41) is 5.02. The molecule has 0 aliphatic carbocycles. The number of aliphatic imine (C=N–C) groups is 1. The van der Waals surface area contributed by atoms with Gasteiger partial charge in [0.15, 0.2) is 0 Å². The second-order valence-electron chi connectivity index (χ2n) is 5.38. The largest absolute Gasteiger partial charge is 0.292 e. The molecule has 1 atom stereocenters. The van der Waals surface area contributed by atoms with E-state index in [-0.39, 0.29) is 0 Å². The first-order chi connectivity index (χ1) is 10.9. The Balaban J connectivity index is 2.18. The third kappa shape index (κ3) is 2.83. The normalized spacial score (nSPS) is 20.6. The van der Waals surface area contributed by atoms with E-state index in [9.17, 15) is 12.8 Å². The van der Waals surface area contributed by atoms with Crippen LogP contribution in [-0.2, 0) is 15.4 Å². The summed E-state index contributed by atoms with van der Waals surface area (Å²) in [4.78, 5) is 3.80. The molecule has 1 unspecified atom stereocenters. The number of dihydropyridines is 1. The van der Waals surface area contributed by atoms with Gasteiger partial charge in [-0.15, -0.1) is 0 Å². The first-order valence-electron chi connectivity index (χ1n) is 6.99. The first-order valence-corrected chi connectivity index (χ1v) is 8.54. The Morgan fingerprint density at radius 1 is 1.09 bits per heavy atom. The van der Waals surface area contributed by atoms with Gasteiger partial charge >= 0.3 is 0 Å². The van der Waals surface area contributed by atoms with Crippen LogP contribution in [0, 0.1) is 5.82 Å². The van der Waals surface area contributed by atoms with Crippen molar-refractivity contribution in [3.63, 3.8) is 0 Å². The lowest BCUT2D eigenvalue weighted by atomic mass is 9.73. The van der Waals surface area contributed by atoms with E-state index in [4.69, 9.17) is 5.14 Å². The second-order valence-corrected chi connectivity index (χ2v) is 6.91. The fraction of sp³-hybridized carbons (Fsp3) is 0.118. The number of sulfonamides is 1. The topological polar surface area (TPSA) is 72.5 Å². The van der Waals surface area contributed by atoms with Gasteiger partial charge in [0.1, 0.15) is 10.7 Å². The maximum atomic E-state index is 14.3. The van der Waals surface area contributed by atoms with Crippen LogP contribution >= 0.6 is 0 Å². The van der Waals surface area contributed by atoms with Crippen LogP contribution in [0.15, 0.2) is 70.6 Å². The molecular weight excluding hydrogens is 315 g/mol. The minimum Gasteiger partial charge on any atom is -0.292 e. The Hall–Kier alpha value is -2.31. The van der Waals surface area contributed by atoms with Crippen LogP contribution in [0.3, 0.4) is 0 Å². The van der Waals surface area contributed by atoms with Crippen molar-refractivity contribution < 1.29 is 12.8 Å². The molecule has 23 heavy (non-hydrogen) atoms. The lowest BCUT2D eigenvalue weighted by Crippen LogP contribution is -2.31. The second kappa shape index (κ2) is 5.72. The molecule has 4 nitrogen and oxygen atoms in total. The quantitative estimate of drug-likeness (QED) is 0.938. The van der Waals surface area contributed by atoms with Gasteiger partial charge in [0.25, 0.3) is 0 Å². The Morgan fingerprint density at radius 3 is 2.39 bits per heavy atom. The van der Waals surface area contributed by atoms with Crippen LogP contribution < -0.4 is 5.14 Å². The summed E-state index contributed by atoms with van der Waals surface area (Å²) in [5.74, 6) is -0.858. The molecule has 1 aliphatic heterocycles. The molecule has 2 aromatic carbocycles. The molecule has 0 saturated heterocycles. The van der Waals surface area contributed by atoms with Crippen LogP contribution in [0.25, 0.3) is 0 Å². The van der Waals surface area contributed by atoms with E-state index in [0.717, 1.165) is 5.56 Å². The lowest BCUT2D eigenvalue weighted by Gasteiger charge is -2.32. The first kappa shape index (κ1) is 15.6. The maximum absolute atomic E-state index is 14.3. The average molecular weight is 330 g/mol. The van der Waals surface area contributed by atoms with Crippen molar-refractivity contribution >= 4 is 16.2 Å². The average Bonchev–Trinajstić information content (AvgIpc) is 2.55. The van der Waals surface area contributed by atoms with Gasteiger partial charge in [0.05, 0.1) is 12.0 Å². The van der Waals surface area contributed by atoms with Crippen molar-refractivity contribution in [1.82, 2.24) is 0 Å². The van der Waals surface area contributed by atoms with Gasteiger partial charge in [-0.25, -0.2) is 17.9 Å². The Bertz CT molecular complexity index is 892. The molecule has 0 saturated carbocycles. The molecule has 0 amide bonds. The number of allylic oxidation sites excluding steroid dienone is 1. The summed E-state index contributed by atoms with van der Waals surface area (Å²) < 4.78 is 37.0. The van der Waals surface area contributed by atoms with Gasteiger partial charge in [-0.3, -0.25) is 4.99 Å². The van der Waals surface area contributed by atoms with Crippen molar-refractivity contribution in [3.8, 4) is 0 Å². The SMILES string of the molecule is NS(=O)(=O)c1ccc(C2(c3ccccc3)C=CC=NC2)cc1F. The highest BCUT2D eigenvalue weighted by molar-refractivity contribution is 7.89. The van der Waals surface area contributed by atoms with Gasteiger partial charge < -0.3 is 0 Å². The summed E-state index contributed by atoms with van der Waals surface area (Å²) in [6, 6.07) is 13.6. The van der Waals surface area contributed by atoms with Crippen molar-refractivity contribution in [3.05, 3.63) is 77.6 Å². The van der Waals surface area contributed by atoms with E-state index >= 15 is 0 Å². The molecule has 0 radical (unpaired) electrons. The fourth-order valence-electron chi connectivity index (χ4n) is 2.80. The summed E-state index contributed by atoms with van der Waals surface area (Å²) in [6.45, 7) is 0.418. The number of benzene rings is 2. The zero-order valence-corrected chi connectivity index (χ0v) is 13.0. The molecule has 2 aromatic rings. The zero-order valence-electron chi connectivity index (χ0n) is 12.2. The summed E-state index contributed by atoms with van der Waals surface area (Å²) in [5.41, 5.74) is 0.950. The number of halogens is 1. The number of hydrogen-bond acceptors (Lipinski definition) is 3. The maximum Gasteiger partial charge on any atom is 0.240 e. The fourth-order valence-corrected chi connectivity index (χ4v) is 3.39. The summed E-state index contributed by atoms with van der Waals surface area (Å²) in [6.07, 6.45) is 5.44. The molecule has 2 N–H and O–H groups in total. The molecule has 0 fully saturated rings. The minimum atomic E-state index is -4.09. The molecule has 0 bridgehead atoms. The van der Waals surface area contributed by atoms with Crippen LogP contribution in [0.4, 0.5) is 4.39 Å². The number of primary sulfonamides is 1. The van der Waals surface area contributed by atoms with Gasteiger partial charge in [0, 0.05) is 6.21 Å². The third-order valence-electron chi connectivity index (χ3n) is 3.96. The predicted molar refractivity (Wildman–Crippen MR) is 87.5 cm³/mol. The van der Waals surface area contributed by atoms with Crippen LogP contribution in [-0.4, -0.2) is 21.2 Å². The van der Waals surface area contributed by atoms with E-state index in [1.54, 1.807) is 12.3 Å². The highest BCUT2D eigenvalue weighted by atomic mass is 32.2. The molecule has 118 valence electrons. The highest BCUT2D eigenvalue weighted by Gasteiger charge is 2.33. The van der Waals surface area contributed by atoms with Crippen molar-refractivity contribution in [2.45, 2.75) is 10.3 Å². The number of nitrogens with zero attached hydrogens (tertiary/aromatic N) is 1. The van der Waals surface area contributed by atoms with Crippen molar-refractivity contribution in [2.75, 3.05) is 6.54 Å². The third-order valence-corrected chi connectivity index (χ3v) is 4.90. The van der Waals surface area contributed by atoms with Gasteiger partial charge in [0.2, 0.25) is 10.0 Å². The number of rotatable bonds is 3. The molecule has 0 spiro atoms. The zero-order chi connectivity index (χ0) is 16.5. The van der Waals surface area contributed by atoms with E-state index in [0.29, 0.717) is 12.1 Å². The number of nitrogens with two attached hydrogens (primary N) is 1. The molecule has 1 heterocycles. The molecule has 1 aliphatic rings.